The Morgan fingerprint density at radius 1 is 0.967 bits per heavy atom. The normalized spacial score (nSPS) is 19.4. The van der Waals surface area contributed by atoms with Gasteiger partial charge in [0.2, 0.25) is 0 Å². The van der Waals surface area contributed by atoms with Gasteiger partial charge in [-0.2, -0.15) is 4.99 Å². The van der Waals surface area contributed by atoms with Crippen molar-refractivity contribution >= 4 is 28.9 Å². The highest BCUT2D eigenvalue weighted by atomic mass is 32.2. The van der Waals surface area contributed by atoms with Crippen LogP contribution in [0.2, 0.25) is 0 Å². The fraction of sp³-hybridized carbons (Fsp3) is 0.360. The van der Waals surface area contributed by atoms with Crippen LogP contribution in [-0.2, 0) is 16.8 Å². The number of amidine groups is 1. The summed E-state index contributed by atoms with van der Waals surface area (Å²) < 4.78 is 0. The largest absolute Gasteiger partial charge is 0.348 e. The van der Waals surface area contributed by atoms with Crippen LogP contribution in [0, 0.1) is 0 Å². The molecule has 2 aromatic rings. The van der Waals surface area contributed by atoms with Crippen LogP contribution in [0.25, 0.3) is 6.08 Å². The van der Waals surface area contributed by atoms with E-state index in [0.29, 0.717) is 4.91 Å². The van der Waals surface area contributed by atoms with Gasteiger partial charge in [0.15, 0.2) is 5.17 Å². The molecule has 156 valence electrons. The molecule has 30 heavy (non-hydrogen) atoms. The summed E-state index contributed by atoms with van der Waals surface area (Å²) in [6, 6.07) is 19.0. The lowest BCUT2D eigenvalue weighted by atomic mass is 9.87. The number of thioether (sulfide) groups is 1. The fourth-order valence-electron chi connectivity index (χ4n) is 3.70. The van der Waals surface area contributed by atoms with Gasteiger partial charge in [0.25, 0.3) is 5.91 Å². The van der Waals surface area contributed by atoms with E-state index in [4.69, 9.17) is 0 Å². The standard InChI is InChI=1S/C25H29N3OS/c1-25(2,3)21-11-9-19(10-12-21)17-22-23(29)26-24(30-22)28-15-13-27(14-16-28)18-20-7-5-4-6-8-20/h4-12,17H,13-16,18H2,1-3H3. The van der Waals surface area contributed by atoms with Gasteiger partial charge in [-0.05, 0) is 39.9 Å². The number of amides is 1. The molecule has 0 aromatic heterocycles. The summed E-state index contributed by atoms with van der Waals surface area (Å²) >= 11 is 1.50. The lowest BCUT2D eigenvalue weighted by molar-refractivity contribution is -0.113. The van der Waals surface area contributed by atoms with Crippen molar-refractivity contribution in [3.05, 3.63) is 76.2 Å². The van der Waals surface area contributed by atoms with Crippen LogP contribution in [-0.4, -0.2) is 47.1 Å². The van der Waals surface area contributed by atoms with Crippen molar-refractivity contribution < 1.29 is 4.79 Å². The maximum atomic E-state index is 12.4. The lowest BCUT2D eigenvalue weighted by Gasteiger charge is -2.35. The van der Waals surface area contributed by atoms with Crippen molar-refractivity contribution in [3.63, 3.8) is 0 Å². The SMILES string of the molecule is CC(C)(C)c1ccc(C=C2SC(N3CCN(Cc4ccccc4)CC3)=NC2=O)cc1. The van der Waals surface area contributed by atoms with Gasteiger partial charge in [0.1, 0.15) is 0 Å². The van der Waals surface area contributed by atoms with Gasteiger partial charge < -0.3 is 4.90 Å². The van der Waals surface area contributed by atoms with E-state index in [0.717, 1.165) is 43.5 Å². The van der Waals surface area contributed by atoms with E-state index in [1.54, 1.807) is 0 Å². The number of hydrogen-bond acceptors (Lipinski definition) is 4. The molecule has 1 amide bonds. The zero-order valence-electron chi connectivity index (χ0n) is 18.0. The minimum atomic E-state index is -0.124. The predicted octanol–water partition coefficient (Wildman–Crippen LogP) is 4.77. The Morgan fingerprint density at radius 3 is 2.27 bits per heavy atom. The molecule has 4 nitrogen and oxygen atoms in total. The maximum absolute atomic E-state index is 12.4. The third-order valence-electron chi connectivity index (χ3n) is 5.58. The van der Waals surface area contributed by atoms with Crippen LogP contribution in [0.15, 0.2) is 64.5 Å². The van der Waals surface area contributed by atoms with E-state index in [9.17, 15) is 4.79 Å². The number of rotatable bonds is 3. The average molecular weight is 420 g/mol. The smallest absolute Gasteiger partial charge is 0.286 e. The molecule has 0 atom stereocenters. The topological polar surface area (TPSA) is 35.9 Å². The Bertz CT molecular complexity index is 950. The molecular weight excluding hydrogens is 390 g/mol. The van der Waals surface area contributed by atoms with Crippen molar-refractivity contribution in [2.45, 2.75) is 32.7 Å². The second kappa shape index (κ2) is 8.78. The average Bonchev–Trinajstić information content (AvgIpc) is 3.09. The molecule has 2 aromatic carbocycles. The summed E-state index contributed by atoms with van der Waals surface area (Å²) in [7, 11) is 0. The second-order valence-corrected chi connectivity index (χ2v) is 9.94. The third-order valence-corrected chi connectivity index (χ3v) is 6.62. The van der Waals surface area contributed by atoms with Crippen molar-refractivity contribution in [1.82, 2.24) is 9.80 Å². The molecule has 4 rings (SSSR count). The Hall–Kier alpha value is -2.37. The first kappa shape index (κ1) is 20.9. The van der Waals surface area contributed by atoms with Gasteiger partial charge in [-0.1, -0.05) is 75.4 Å². The van der Waals surface area contributed by atoms with Crippen molar-refractivity contribution in [3.8, 4) is 0 Å². The first-order valence-corrected chi connectivity index (χ1v) is 11.3. The molecule has 0 bridgehead atoms. The van der Waals surface area contributed by atoms with E-state index in [1.165, 1.54) is 22.9 Å². The zero-order valence-corrected chi connectivity index (χ0v) is 18.8. The Balaban J connectivity index is 1.34. The van der Waals surface area contributed by atoms with Crippen LogP contribution in [0.4, 0.5) is 0 Å². The molecule has 0 spiro atoms. The third kappa shape index (κ3) is 5.02. The summed E-state index contributed by atoms with van der Waals surface area (Å²) in [6.07, 6.45) is 1.96. The second-order valence-electron chi connectivity index (χ2n) is 8.93. The molecule has 2 aliphatic rings. The highest BCUT2D eigenvalue weighted by Crippen LogP contribution is 2.31. The Morgan fingerprint density at radius 2 is 1.63 bits per heavy atom. The van der Waals surface area contributed by atoms with Crippen LogP contribution < -0.4 is 0 Å². The zero-order chi connectivity index (χ0) is 21.1. The number of hydrogen-bond donors (Lipinski definition) is 0. The summed E-state index contributed by atoms with van der Waals surface area (Å²) in [5.41, 5.74) is 3.81. The molecule has 0 unspecified atom stereocenters. The molecule has 2 heterocycles. The maximum Gasteiger partial charge on any atom is 0.286 e. The van der Waals surface area contributed by atoms with E-state index in [2.05, 4.69) is 90.2 Å². The van der Waals surface area contributed by atoms with Gasteiger partial charge >= 0.3 is 0 Å². The Labute approximate surface area is 183 Å². The molecule has 2 aliphatic heterocycles. The molecule has 0 saturated carbocycles. The van der Waals surface area contributed by atoms with E-state index in [1.807, 2.05) is 6.08 Å². The predicted molar refractivity (Wildman–Crippen MR) is 126 cm³/mol. The summed E-state index contributed by atoms with van der Waals surface area (Å²) in [6.45, 7) is 11.4. The van der Waals surface area contributed by atoms with Crippen LogP contribution in [0.1, 0.15) is 37.5 Å². The molecule has 1 saturated heterocycles. The first-order valence-electron chi connectivity index (χ1n) is 10.5. The molecule has 0 radical (unpaired) electrons. The molecule has 0 aliphatic carbocycles. The number of nitrogens with zero attached hydrogens (tertiary/aromatic N) is 3. The number of piperazine rings is 1. The molecule has 5 heteroatoms. The van der Waals surface area contributed by atoms with Gasteiger partial charge in [0.05, 0.1) is 4.91 Å². The summed E-state index contributed by atoms with van der Waals surface area (Å²) in [4.78, 5) is 22.2. The van der Waals surface area contributed by atoms with Gasteiger partial charge in [-0.3, -0.25) is 9.69 Å². The van der Waals surface area contributed by atoms with Gasteiger partial charge in [0, 0.05) is 32.7 Å². The minimum absolute atomic E-state index is 0.124. The molecule has 0 N–H and O–H groups in total. The Kier molecular flexibility index (Phi) is 6.11. The van der Waals surface area contributed by atoms with Crippen molar-refractivity contribution in [1.29, 1.82) is 0 Å². The number of carbonyl (C=O) groups excluding carboxylic acids is 1. The fourth-order valence-corrected chi connectivity index (χ4v) is 4.67. The highest BCUT2D eigenvalue weighted by Gasteiger charge is 2.28. The number of aliphatic imine (C=N–C) groups is 1. The highest BCUT2D eigenvalue weighted by molar-refractivity contribution is 8.18. The minimum Gasteiger partial charge on any atom is -0.348 e. The van der Waals surface area contributed by atoms with Crippen LogP contribution in [0.5, 0.6) is 0 Å². The monoisotopic (exact) mass is 419 g/mol. The quantitative estimate of drug-likeness (QED) is 0.672. The number of carbonyl (C=O) groups is 1. The summed E-state index contributed by atoms with van der Waals surface area (Å²) in [5.74, 6) is -0.124. The van der Waals surface area contributed by atoms with Crippen molar-refractivity contribution in [2.75, 3.05) is 26.2 Å². The van der Waals surface area contributed by atoms with E-state index < -0.39 is 0 Å². The lowest BCUT2D eigenvalue weighted by Crippen LogP contribution is -2.47. The number of benzene rings is 2. The van der Waals surface area contributed by atoms with Gasteiger partial charge in [-0.15, -0.1) is 0 Å². The molecule has 1 fully saturated rings. The van der Waals surface area contributed by atoms with Crippen LogP contribution in [0.3, 0.4) is 0 Å². The van der Waals surface area contributed by atoms with Crippen molar-refractivity contribution in [2.24, 2.45) is 4.99 Å². The first-order chi connectivity index (χ1) is 14.4. The van der Waals surface area contributed by atoms with Crippen LogP contribution >= 0.6 is 11.8 Å². The van der Waals surface area contributed by atoms with E-state index in [-0.39, 0.29) is 11.3 Å². The van der Waals surface area contributed by atoms with E-state index >= 15 is 0 Å². The summed E-state index contributed by atoms with van der Waals surface area (Å²) in [5, 5.41) is 0.844. The molecular formula is C25H29N3OS. The van der Waals surface area contributed by atoms with Gasteiger partial charge in [-0.25, -0.2) is 0 Å².